The number of thiazole rings is 1. The first-order chi connectivity index (χ1) is 19.5. The molecule has 1 atom stereocenters. The number of aliphatic carboxylic acids is 1. The lowest BCUT2D eigenvalue weighted by molar-refractivity contribution is -0.144. The average Bonchev–Trinajstić information content (AvgIpc) is 3.44. The molecular weight excluding hydrogens is 516 g/mol. The van der Waals surface area contributed by atoms with Crippen molar-refractivity contribution in [3.8, 4) is 17.0 Å². The highest BCUT2D eigenvalue weighted by atomic mass is 32.1. The van der Waals surface area contributed by atoms with Gasteiger partial charge in [0.15, 0.2) is 0 Å². The third-order valence-electron chi connectivity index (χ3n) is 7.80. The molecule has 5 rings (SSSR count). The van der Waals surface area contributed by atoms with Crippen molar-refractivity contribution < 1.29 is 14.6 Å². The van der Waals surface area contributed by atoms with Crippen molar-refractivity contribution in [1.29, 1.82) is 0 Å². The Balaban J connectivity index is 1.18. The zero-order valence-corrected chi connectivity index (χ0v) is 24.2. The summed E-state index contributed by atoms with van der Waals surface area (Å²) in [6.07, 6.45) is 5.44. The Kier molecular flexibility index (Phi) is 9.30. The number of ether oxygens (including phenoxy) is 1. The fraction of sp³-hybridized carbons (Fsp3) is 0.353. The van der Waals surface area contributed by atoms with Crippen molar-refractivity contribution in [1.82, 2.24) is 9.88 Å². The summed E-state index contributed by atoms with van der Waals surface area (Å²) in [6.45, 7) is 6.20. The quantitative estimate of drug-likeness (QED) is 0.192. The SMILES string of the molecule is CCCC(CCC)c1ccc(COc2ccc(-c3csc(CN4Cc5ccccc5CC4C(=O)O)n3)cc2)cc1. The Morgan fingerprint density at radius 2 is 1.70 bits per heavy atom. The van der Waals surface area contributed by atoms with Crippen LogP contribution in [0, 0.1) is 0 Å². The van der Waals surface area contributed by atoms with Crippen LogP contribution >= 0.6 is 11.3 Å². The molecule has 1 aliphatic heterocycles. The minimum atomic E-state index is -0.782. The first-order valence-corrected chi connectivity index (χ1v) is 15.2. The van der Waals surface area contributed by atoms with E-state index in [0.29, 0.717) is 32.0 Å². The molecule has 0 saturated heterocycles. The van der Waals surface area contributed by atoms with Crippen LogP contribution < -0.4 is 4.74 Å². The first kappa shape index (κ1) is 28.1. The van der Waals surface area contributed by atoms with Gasteiger partial charge in [0.2, 0.25) is 0 Å². The maximum Gasteiger partial charge on any atom is 0.321 e. The Labute approximate surface area is 241 Å². The first-order valence-electron chi connectivity index (χ1n) is 14.3. The molecule has 3 aromatic carbocycles. The third-order valence-corrected chi connectivity index (χ3v) is 8.64. The van der Waals surface area contributed by atoms with E-state index in [4.69, 9.17) is 9.72 Å². The van der Waals surface area contributed by atoms with Gasteiger partial charge in [0.25, 0.3) is 0 Å². The van der Waals surface area contributed by atoms with Gasteiger partial charge in [0, 0.05) is 17.5 Å². The minimum Gasteiger partial charge on any atom is -0.489 e. The zero-order chi connectivity index (χ0) is 27.9. The van der Waals surface area contributed by atoms with Gasteiger partial charge in [-0.1, -0.05) is 75.2 Å². The fourth-order valence-electron chi connectivity index (χ4n) is 5.63. The molecular formula is C34H38N2O3S. The van der Waals surface area contributed by atoms with Crippen LogP contribution in [0.2, 0.25) is 0 Å². The summed E-state index contributed by atoms with van der Waals surface area (Å²) in [6, 6.07) is 24.5. The van der Waals surface area contributed by atoms with Crippen LogP contribution in [0.3, 0.4) is 0 Å². The second-order valence-electron chi connectivity index (χ2n) is 10.7. The van der Waals surface area contributed by atoms with Crippen molar-refractivity contribution in [2.24, 2.45) is 0 Å². The fourth-order valence-corrected chi connectivity index (χ4v) is 6.45. The van der Waals surface area contributed by atoms with Gasteiger partial charge in [-0.15, -0.1) is 11.3 Å². The lowest BCUT2D eigenvalue weighted by Crippen LogP contribution is -2.44. The maximum absolute atomic E-state index is 12.0. The Hall–Kier alpha value is -3.48. The molecule has 2 heterocycles. The Morgan fingerprint density at radius 1 is 1.00 bits per heavy atom. The van der Waals surface area contributed by atoms with E-state index in [1.807, 2.05) is 52.7 Å². The molecule has 208 valence electrons. The van der Waals surface area contributed by atoms with Gasteiger partial charge < -0.3 is 9.84 Å². The van der Waals surface area contributed by atoms with Crippen molar-refractivity contribution in [2.45, 2.75) is 77.6 Å². The van der Waals surface area contributed by atoms with Crippen LogP contribution in [0.5, 0.6) is 5.75 Å². The predicted molar refractivity (Wildman–Crippen MR) is 162 cm³/mol. The summed E-state index contributed by atoms with van der Waals surface area (Å²) in [5.74, 6) is 0.698. The maximum atomic E-state index is 12.0. The number of nitrogens with zero attached hydrogens (tertiary/aromatic N) is 2. The number of fused-ring (bicyclic) bond motifs is 1. The highest BCUT2D eigenvalue weighted by Crippen LogP contribution is 2.30. The van der Waals surface area contributed by atoms with E-state index in [9.17, 15) is 9.90 Å². The lowest BCUT2D eigenvalue weighted by atomic mass is 9.90. The monoisotopic (exact) mass is 554 g/mol. The second-order valence-corrected chi connectivity index (χ2v) is 11.6. The van der Waals surface area contributed by atoms with E-state index >= 15 is 0 Å². The third kappa shape index (κ3) is 6.80. The van der Waals surface area contributed by atoms with Crippen LogP contribution in [0.4, 0.5) is 0 Å². The molecule has 1 aromatic heterocycles. The highest BCUT2D eigenvalue weighted by molar-refractivity contribution is 7.09. The predicted octanol–water partition coefficient (Wildman–Crippen LogP) is 8.08. The van der Waals surface area contributed by atoms with Crippen molar-refractivity contribution >= 4 is 17.3 Å². The van der Waals surface area contributed by atoms with Crippen LogP contribution in [-0.4, -0.2) is 27.0 Å². The molecule has 4 aromatic rings. The number of rotatable bonds is 12. The normalized spacial score (nSPS) is 15.2. The number of hydrogen-bond acceptors (Lipinski definition) is 5. The molecule has 0 saturated carbocycles. The van der Waals surface area contributed by atoms with E-state index in [0.717, 1.165) is 27.6 Å². The number of aromatic nitrogens is 1. The van der Waals surface area contributed by atoms with E-state index < -0.39 is 12.0 Å². The van der Waals surface area contributed by atoms with Gasteiger partial charge in [-0.05, 0) is 71.7 Å². The molecule has 1 aliphatic rings. The average molecular weight is 555 g/mol. The molecule has 0 bridgehead atoms. The number of carboxylic acids is 1. The molecule has 1 unspecified atom stereocenters. The molecule has 0 fully saturated rings. The summed E-state index contributed by atoms with van der Waals surface area (Å²) in [5.41, 5.74) is 6.85. The number of carboxylic acid groups (broad SMARTS) is 1. The number of carbonyl (C=O) groups is 1. The lowest BCUT2D eigenvalue weighted by Gasteiger charge is -2.33. The highest BCUT2D eigenvalue weighted by Gasteiger charge is 2.31. The Morgan fingerprint density at radius 3 is 2.38 bits per heavy atom. The molecule has 5 nitrogen and oxygen atoms in total. The standard InChI is InChI=1S/C34H38N2O3S/c1-3-7-25(8-4-2)26-13-11-24(12-14-26)22-39-30-17-15-27(16-18-30)31-23-40-33(35-31)21-36-20-29-10-6-5-9-28(29)19-32(36)34(37)38/h5-6,9-18,23,25,32H,3-4,7-8,19-22H2,1-2H3,(H,37,38). The summed E-state index contributed by atoms with van der Waals surface area (Å²) in [7, 11) is 0. The molecule has 0 amide bonds. The Bertz CT molecular complexity index is 1390. The second kappa shape index (κ2) is 13.2. The summed E-state index contributed by atoms with van der Waals surface area (Å²) in [4.78, 5) is 18.8. The van der Waals surface area contributed by atoms with Gasteiger partial charge in [-0.2, -0.15) is 0 Å². The van der Waals surface area contributed by atoms with Crippen LogP contribution in [0.1, 0.15) is 72.7 Å². The van der Waals surface area contributed by atoms with Gasteiger partial charge in [-0.25, -0.2) is 4.98 Å². The van der Waals surface area contributed by atoms with Gasteiger partial charge in [0.1, 0.15) is 23.4 Å². The van der Waals surface area contributed by atoms with E-state index in [1.165, 1.54) is 42.4 Å². The molecule has 0 radical (unpaired) electrons. The van der Waals surface area contributed by atoms with Gasteiger partial charge in [0.05, 0.1) is 12.2 Å². The van der Waals surface area contributed by atoms with Crippen molar-refractivity contribution in [3.05, 3.63) is 105 Å². The molecule has 40 heavy (non-hydrogen) atoms. The van der Waals surface area contributed by atoms with Gasteiger partial charge >= 0.3 is 5.97 Å². The summed E-state index contributed by atoms with van der Waals surface area (Å²) < 4.78 is 6.07. The zero-order valence-electron chi connectivity index (χ0n) is 23.4. The van der Waals surface area contributed by atoms with E-state index in [2.05, 4.69) is 44.2 Å². The number of benzene rings is 3. The van der Waals surface area contributed by atoms with Crippen LogP contribution in [0.15, 0.2) is 78.2 Å². The summed E-state index contributed by atoms with van der Waals surface area (Å²) >= 11 is 1.58. The van der Waals surface area contributed by atoms with Gasteiger partial charge in [-0.3, -0.25) is 9.69 Å². The molecule has 1 N–H and O–H groups in total. The minimum absolute atomic E-state index is 0.521. The van der Waals surface area contributed by atoms with Crippen LogP contribution in [0.25, 0.3) is 11.3 Å². The number of hydrogen-bond donors (Lipinski definition) is 1. The molecule has 0 spiro atoms. The molecule has 0 aliphatic carbocycles. The van der Waals surface area contributed by atoms with E-state index in [-0.39, 0.29) is 0 Å². The van der Waals surface area contributed by atoms with E-state index in [1.54, 1.807) is 11.3 Å². The van der Waals surface area contributed by atoms with Crippen molar-refractivity contribution in [3.63, 3.8) is 0 Å². The van der Waals surface area contributed by atoms with Crippen LogP contribution in [-0.2, 0) is 30.9 Å². The smallest absolute Gasteiger partial charge is 0.321 e. The summed E-state index contributed by atoms with van der Waals surface area (Å²) in [5, 5.41) is 12.8. The topological polar surface area (TPSA) is 62.7 Å². The van der Waals surface area contributed by atoms with Crippen molar-refractivity contribution in [2.75, 3.05) is 0 Å². The largest absolute Gasteiger partial charge is 0.489 e. The molecule has 6 heteroatoms.